The van der Waals surface area contributed by atoms with Crippen molar-refractivity contribution in [2.75, 3.05) is 7.11 Å². The molecule has 0 saturated carbocycles. The van der Waals surface area contributed by atoms with Gasteiger partial charge in [0.15, 0.2) is 11.6 Å². The fraction of sp³-hybridized carbons (Fsp3) is 0.286. The van der Waals surface area contributed by atoms with E-state index in [-0.39, 0.29) is 5.75 Å². The van der Waals surface area contributed by atoms with Gasteiger partial charge in [-0.25, -0.2) is 13.8 Å². The van der Waals surface area contributed by atoms with E-state index in [1.54, 1.807) is 35.6 Å². The predicted octanol–water partition coefficient (Wildman–Crippen LogP) is 6.26. The minimum Gasteiger partial charge on any atom is -0.496 e. The third-order valence-electron chi connectivity index (χ3n) is 3.73. The highest BCUT2D eigenvalue weighted by atomic mass is 32.1. The van der Waals surface area contributed by atoms with Crippen molar-refractivity contribution in [1.29, 1.82) is 0 Å². The van der Waals surface area contributed by atoms with E-state index in [0.717, 1.165) is 29.3 Å². The number of rotatable bonds is 6. The Balaban J connectivity index is 0.00000126. The van der Waals surface area contributed by atoms with Crippen molar-refractivity contribution in [3.63, 3.8) is 0 Å². The van der Waals surface area contributed by atoms with E-state index in [9.17, 15) is 8.78 Å². The molecule has 0 aliphatic heterocycles. The number of thiazole rings is 1. The largest absolute Gasteiger partial charge is 0.496 e. The van der Waals surface area contributed by atoms with Gasteiger partial charge in [-0.2, -0.15) is 0 Å². The number of hydrogen-bond acceptors (Lipinski definition) is 4. The molecule has 0 unspecified atom stereocenters. The van der Waals surface area contributed by atoms with Gasteiger partial charge in [-0.05, 0) is 30.2 Å². The van der Waals surface area contributed by atoms with Crippen LogP contribution in [-0.2, 0) is 13.0 Å². The van der Waals surface area contributed by atoms with Crippen molar-refractivity contribution in [2.24, 2.45) is 0 Å². The molecule has 6 heteroatoms. The van der Waals surface area contributed by atoms with Gasteiger partial charge in [-0.3, -0.25) is 0 Å². The number of aromatic nitrogens is 1. The van der Waals surface area contributed by atoms with E-state index >= 15 is 0 Å². The molecular weight excluding hydrogens is 368 g/mol. The molecule has 3 nitrogen and oxygen atoms in total. The maximum atomic E-state index is 13.5. The molecule has 0 radical (unpaired) electrons. The fourth-order valence-electron chi connectivity index (χ4n) is 2.38. The molecule has 1 heterocycles. The van der Waals surface area contributed by atoms with Crippen molar-refractivity contribution >= 4 is 11.3 Å². The second kappa shape index (κ2) is 10.0. The third-order valence-corrected chi connectivity index (χ3v) is 4.60. The van der Waals surface area contributed by atoms with Crippen LogP contribution in [-0.4, -0.2) is 12.1 Å². The number of hydrogen-bond donors (Lipinski definition) is 0. The number of methoxy groups -OCH3 is 1. The zero-order valence-corrected chi connectivity index (χ0v) is 16.7. The van der Waals surface area contributed by atoms with E-state index < -0.39 is 11.6 Å². The lowest BCUT2D eigenvalue weighted by atomic mass is 10.0. The summed E-state index contributed by atoms with van der Waals surface area (Å²) < 4.78 is 37.7. The number of ether oxygens (including phenoxy) is 2. The monoisotopic (exact) mass is 391 g/mol. The minimum absolute atomic E-state index is 0.280. The molecule has 144 valence electrons. The summed E-state index contributed by atoms with van der Waals surface area (Å²) in [6, 6.07) is 9.30. The SMILES string of the molecule is CC.CCc1csc(COc2ccc(-c3cc(F)c(F)cc3OC)cc2)n1. The molecule has 0 aliphatic carbocycles. The van der Waals surface area contributed by atoms with Crippen LogP contribution in [0.1, 0.15) is 31.5 Å². The van der Waals surface area contributed by atoms with E-state index in [1.807, 2.05) is 19.2 Å². The molecule has 3 aromatic rings. The average Bonchev–Trinajstić information content (AvgIpc) is 3.18. The van der Waals surface area contributed by atoms with Crippen LogP contribution in [0.5, 0.6) is 11.5 Å². The molecule has 0 aliphatic rings. The molecule has 0 atom stereocenters. The molecule has 2 aromatic carbocycles. The number of nitrogens with zero attached hydrogens (tertiary/aromatic N) is 1. The zero-order valence-electron chi connectivity index (χ0n) is 15.9. The standard InChI is InChI=1S/C19H17F2NO2S.C2H6/c1-3-13-11-25-19(22-13)10-24-14-6-4-12(5-7-14)15-8-16(20)17(21)9-18(15)23-2;1-2/h4-9,11H,3,10H2,1-2H3;1-2H3. The first-order valence-electron chi connectivity index (χ1n) is 8.80. The highest BCUT2D eigenvalue weighted by Crippen LogP contribution is 2.33. The number of aryl methyl sites for hydroxylation is 1. The quantitative estimate of drug-likeness (QED) is 0.497. The molecule has 0 spiro atoms. The van der Waals surface area contributed by atoms with Crippen LogP contribution in [0.4, 0.5) is 8.78 Å². The van der Waals surface area contributed by atoms with Crippen molar-refractivity contribution in [2.45, 2.75) is 33.8 Å². The summed E-state index contributed by atoms with van der Waals surface area (Å²) in [6.07, 6.45) is 0.904. The Bertz CT molecular complexity index is 863. The van der Waals surface area contributed by atoms with Crippen LogP contribution in [0, 0.1) is 11.6 Å². The van der Waals surface area contributed by atoms with Gasteiger partial charge < -0.3 is 9.47 Å². The van der Waals surface area contributed by atoms with Gasteiger partial charge in [0.05, 0.1) is 12.8 Å². The van der Waals surface area contributed by atoms with Crippen LogP contribution in [0.3, 0.4) is 0 Å². The average molecular weight is 391 g/mol. The van der Waals surface area contributed by atoms with Crippen LogP contribution >= 0.6 is 11.3 Å². The Morgan fingerprint density at radius 3 is 2.30 bits per heavy atom. The second-order valence-electron chi connectivity index (χ2n) is 5.37. The molecule has 27 heavy (non-hydrogen) atoms. The predicted molar refractivity (Wildman–Crippen MR) is 106 cm³/mol. The normalized spacial score (nSPS) is 10.1. The van der Waals surface area contributed by atoms with Crippen LogP contribution in [0.15, 0.2) is 41.8 Å². The molecule has 0 fully saturated rings. The van der Waals surface area contributed by atoms with Crippen molar-refractivity contribution < 1.29 is 18.3 Å². The summed E-state index contributed by atoms with van der Waals surface area (Å²) in [5.74, 6) is -0.886. The molecule has 0 bridgehead atoms. The van der Waals surface area contributed by atoms with Gasteiger partial charge >= 0.3 is 0 Å². The van der Waals surface area contributed by atoms with Gasteiger partial charge in [0.2, 0.25) is 0 Å². The first-order valence-corrected chi connectivity index (χ1v) is 9.68. The fourth-order valence-corrected chi connectivity index (χ4v) is 3.16. The van der Waals surface area contributed by atoms with Gasteiger partial charge in [0, 0.05) is 17.0 Å². The Hall–Kier alpha value is -2.47. The minimum atomic E-state index is -0.935. The maximum Gasteiger partial charge on any atom is 0.162 e. The lowest BCUT2D eigenvalue weighted by molar-refractivity contribution is 0.305. The van der Waals surface area contributed by atoms with E-state index in [0.29, 0.717) is 23.5 Å². The summed E-state index contributed by atoms with van der Waals surface area (Å²) in [7, 11) is 1.42. The molecule has 0 amide bonds. The smallest absolute Gasteiger partial charge is 0.162 e. The first kappa shape index (κ1) is 20.8. The molecule has 0 saturated heterocycles. The van der Waals surface area contributed by atoms with Gasteiger partial charge in [-0.15, -0.1) is 11.3 Å². The number of halogens is 2. The van der Waals surface area contributed by atoms with Crippen molar-refractivity contribution in [3.05, 3.63) is 64.1 Å². The third kappa shape index (κ3) is 5.26. The van der Waals surface area contributed by atoms with E-state index in [4.69, 9.17) is 9.47 Å². The second-order valence-corrected chi connectivity index (χ2v) is 6.31. The molecule has 1 aromatic heterocycles. The Morgan fingerprint density at radius 1 is 1.04 bits per heavy atom. The van der Waals surface area contributed by atoms with Crippen molar-refractivity contribution in [3.8, 4) is 22.6 Å². The Kier molecular flexibility index (Phi) is 7.73. The topological polar surface area (TPSA) is 31.4 Å². The van der Waals surface area contributed by atoms with Crippen molar-refractivity contribution in [1.82, 2.24) is 4.98 Å². The molecular formula is C21H23F2NO2S. The van der Waals surface area contributed by atoms with Gasteiger partial charge in [0.25, 0.3) is 0 Å². The highest BCUT2D eigenvalue weighted by Gasteiger charge is 2.12. The maximum absolute atomic E-state index is 13.5. The van der Waals surface area contributed by atoms with Gasteiger partial charge in [-0.1, -0.05) is 32.9 Å². The van der Waals surface area contributed by atoms with Crippen LogP contribution < -0.4 is 9.47 Å². The highest BCUT2D eigenvalue weighted by molar-refractivity contribution is 7.09. The Labute approximate surface area is 162 Å². The summed E-state index contributed by atoms with van der Waals surface area (Å²) in [4.78, 5) is 4.45. The van der Waals surface area contributed by atoms with Gasteiger partial charge in [0.1, 0.15) is 23.1 Å². The summed E-state index contributed by atoms with van der Waals surface area (Å²) in [6.45, 7) is 6.46. The van der Waals surface area contributed by atoms with E-state index in [2.05, 4.69) is 11.9 Å². The lowest BCUT2D eigenvalue weighted by Crippen LogP contribution is -1.96. The summed E-state index contributed by atoms with van der Waals surface area (Å²) in [5.41, 5.74) is 2.26. The van der Waals surface area contributed by atoms with Crippen LogP contribution in [0.25, 0.3) is 11.1 Å². The van der Waals surface area contributed by atoms with E-state index in [1.165, 1.54) is 7.11 Å². The first-order chi connectivity index (χ1) is 13.1. The summed E-state index contributed by atoms with van der Waals surface area (Å²) >= 11 is 1.57. The number of benzene rings is 2. The lowest BCUT2D eigenvalue weighted by Gasteiger charge is -2.10. The molecule has 3 rings (SSSR count). The molecule has 0 N–H and O–H groups in total. The zero-order chi connectivity index (χ0) is 19.8. The van der Waals surface area contributed by atoms with Crippen LogP contribution in [0.2, 0.25) is 0 Å². The Morgan fingerprint density at radius 2 is 1.70 bits per heavy atom. The summed E-state index contributed by atoms with van der Waals surface area (Å²) in [5, 5.41) is 2.94.